The zero-order chi connectivity index (χ0) is 13.2. The predicted octanol–water partition coefficient (Wildman–Crippen LogP) is 5.25. The first-order chi connectivity index (χ1) is 9.24. The van der Waals surface area contributed by atoms with Crippen molar-refractivity contribution in [2.24, 2.45) is 0 Å². The average molecular weight is 316 g/mol. The summed E-state index contributed by atoms with van der Waals surface area (Å²) in [4.78, 5) is 0. The molecule has 2 aromatic carbocycles. The molecule has 1 nitrogen and oxygen atoms in total. The first kappa shape index (κ1) is 12.7. The number of hydrogen-bond donors (Lipinski definition) is 1. The Bertz CT molecular complexity index is 592. The molecule has 3 rings (SSSR count). The van der Waals surface area contributed by atoms with Gasteiger partial charge >= 0.3 is 0 Å². The summed E-state index contributed by atoms with van der Waals surface area (Å²) in [6.45, 7) is 2.12. The van der Waals surface area contributed by atoms with Gasteiger partial charge in [0.15, 0.2) is 0 Å². The van der Waals surface area contributed by atoms with Crippen LogP contribution in [0.3, 0.4) is 0 Å². The third-order valence-corrected chi connectivity index (χ3v) is 4.48. The first-order valence-electron chi connectivity index (χ1n) is 6.84. The molecule has 0 fully saturated rings. The summed E-state index contributed by atoms with van der Waals surface area (Å²) in [6, 6.07) is 15.7. The van der Waals surface area contributed by atoms with Gasteiger partial charge in [-0.3, -0.25) is 0 Å². The van der Waals surface area contributed by atoms with Crippen LogP contribution in [0, 0.1) is 6.92 Å². The van der Waals surface area contributed by atoms with Crippen LogP contribution < -0.4 is 5.32 Å². The Morgan fingerprint density at radius 1 is 1.16 bits per heavy atom. The monoisotopic (exact) mass is 315 g/mol. The maximum Gasteiger partial charge on any atom is 0.0517 e. The molecule has 0 saturated heterocycles. The highest BCUT2D eigenvalue weighted by molar-refractivity contribution is 9.10. The Labute approximate surface area is 123 Å². The minimum Gasteiger partial charge on any atom is -0.377 e. The van der Waals surface area contributed by atoms with Gasteiger partial charge in [-0.15, -0.1) is 0 Å². The molecule has 2 heteroatoms. The molecule has 1 unspecified atom stereocenters. The molecular formula is C17H18BrN. The van der Waals surface area contributed by atoms with Gasteiger partial charge in [-0.2, -0.15) is 0 Å². The lowest BCUT2D eigenvalue weighted by Crippen LogP contribution is -2.17. The van der Waals surface area contributed by atoms with Crippen molar-refractivity contribution in [1.29, 1.82) is 0 Å². The lowest BCUT2D eigenvalue weighted by atomic mass is 9.87. The van der Waals surface area contributed by atoms with Crippen LogP contribution in [0.2, 0.25) is 0 Å². The highest BCUT2D eigenvalue weighted by Crippen LogP contribution is 2.34. The van der Waals surface area contributed by atoms with Crippen molar-refractivity contribution >= 4 is 21.6 Å². The van der Waals surface area contributed by atoms with Gasteiger partial charge < -0.3 is 5.32 Å². The molecule has 1 atom stereocenters. The molecule has 2 aromatic rings. The van der Waals surface area contributed by atoms with E-state index in [9.17, 15) is 0 Å². The smallest absolute Gasteiger partial charge is 0.0517 e. The van der Waals surface area contributed by atoms with Crippen molar-refractivity contribution in [3.8, 4) is 0 Å². The molecule has 0 amide bonds. The van der Waals surface area contributed by atoms with Crippen LogP contribution in [0.5, 0.6) is 0 Å². The van der Waals surface area contributed by atoms with E-state index >= 15 is 0 Å². The van der Waals surface area contributed by atoms with Crippen LogP contribution in [-0.4, -0.2) is 0 Å². The van der Waals surface area contributed by atoms with E-state index in [4.69, 9.17) is 0 Å². The molecular weight excluding hydrogens is 298 g/mol. The summed E-state index contributed by atoms with van der Waals surface area (Å²) in [6.07, 6.45) is 3.68. The SMILES string of the molecule is Cc1ccc(NC2CCCc3ccccc32)c(Br)c1. The molecule has 0 bridgehead atoms. The normalized spacial score (nSPS) is 17.9. The molecule has 19 heavy (non-hydrogen) atoms. The van der Waals surface area contributed by atoms with E-state index in [1.165, 1.54) is 41.6 Å². The fraction of sp³-hybridized carbons (Fsp3) is 0.294. The average Bonchev–Trinajstić information content (AvgIpc) is 2.42. The number of nitrogens with one attached hydrogen (secondary N) is 1. The third-order valence-electron chi connectivity index (χ3n) is 3.82. The molecule has 0 aromatic heterocycles. The number of benzene rings is 2. The van der Waals surface area contributed by atoms with Crippen LogP contribution in [0.1, 0.15) is 35.6 Å². The van der Waals surface area contributed by atoms with Gasteiger partial charge in [-0.1, -0.05) is 30.3 Å². The Kier molecular flexibility index (Phi) is 3.61. The maximum absolute atomic E-state index is 3.69. The summed E-state index contributed by atoms with van der Waals surface area (Å²) in [5.74, 6) is 0. The second kappa shape index (κ2) is 5.38. The van der Waals surface area contributed by atoms with E-state index in [0.717, 1.165) is 4.47 Å². The summed E-state index contributed by atoms with van der Waals surface area (Å²) in [7, 11) is 0. The van der Waals surface area contributed by atoms with Gasteiger partial charge in [0.2, 0.25) is 0 Å². The van der Waals surface area contributed by atoms with E-state index in [0.29, 0.717) is 6.04 Å². The number of anilines is 1. The van der Waals surface area contributed by atoms with Gasteiger partial charge in [-0.25, -0.2) is 0 Å². The highest BCUT2D eigenvalue weighted by atomic mass is 79.9. The van der Waals surface area contributed by atoms with Crippen LogP contribution >= 0.6 is 15.9 Å². The van der Waals surface area contributed by atoms with Crippen molar-refractivity contribution in [2.45, 2.75) is 32.2 Å². The minimum atomic E-state index is 0.434. The number of aryl methyl sites for hydroxylation is 2. The topological polar surface area (TPSA) is 12.0 Å². The molecule has 0 radical (unpaired) electrons. The van der Waals surface area contributed by atoms with E-state index in [2.05, 4.69) is 70.6 Å². The van der Waals surface area contributed by atoms with Crippen molar-refractivity contribution in [1.82, 2.24) is 0 Å². The summed E-state index contributed by atoms with van der Waals surface area (Å²) in [5, 5.41) is 3.69. The molecule has 1 N–H and O–H groups in total. The molecule has 0 saturated carbocycles. The zero-order valence-corrected chi connectivity index (χ0v) is 12.7. The van der Waals surface area contributed by atoms with Gasteiger partial charge in [-0.05, 0) is 70.9 Å². The van der Waals surface area contributed by atoms with E-state index in [1.807, 2.05) is 0 Å². The molecule has 98 valence electrons. The molecule has 0 aliphatic heterocycles. The quantitative estimate of drug-likeness (QED) is 0.798. The second-order valence-electron chi connectivity index (χ2n) is 5.27. The lowest BCUT2D eigenvalue weighted by Gasteiger charge is -2.27. The number of halogens is 1. The highest BCUT2D eigenvalue weighted by Gasteiger charge is 2.19. The maximum atomic E-state index is 3.69. The second-order valence-corrected chi connectivity index (χ2v) is 6.13. The predicted molar refractivity (Wildman–Crippen MR) is 84.6 cm³/mol. The summed E-state index contributed by atoms with van der Waals surface area (Å²) in [5.41, 5.74) is 5.42. The van der Waals surface area contributed by atoms with Crippen LogP contribution in [0.25, 0.3) is 0 Å². The fourth-order valence-corrected chi connectivity index (χ4v) is 3.44. The van der Waals surface area contributed by atoms with Crippen molar-refractivity contribution in [2.75, 3.05) is 5.32 Å². The van der Waals surface area contributed by atoms with Crippen LogP contribution in [-0.2, 0) is 6.42 Å². The molecule has 0 spiro atoms. The van der Waals surface area contributed by atoms with Crippen LogP contribution in [0.15, 0.2) is 46.9 Å². The van der Waals surface area contributed by atoms with Crippen molar-refractivity contribution in [3.63, 3.8) is 0 Å². The molecule has 1 aliphatic rings. The van der Waals surface area contributed by atoms with Gasteiger partial charge in [0.1, 0.15) is 0 Å². The Hall–Kier alpha value is -1.28. The van der Waals surface area contributed by atoms with Crippen LogP contribution in [0.4, 0.5) is 5.69 Å². The Morgan fingerprint density at radius 2 is 2.00 bits per heavy atom. The molecule has 1 aliphatic carbocycles. The summed E-state index contributed by atoms with van der Waals surface area (Å²) < 4.78 is 1.15. The number of hydrogen-bond acceptors (Lipinski definition) is 1. The molecule has 0 heterocycles. The van der Waals surface area contributed by atoms with E-state index in [1.54, 1.807) is 0 Å². The van der Waals surface area contributed by atoms with E-state index in [-0.39, 0.29) is 0 Å². The Balaban J connectivity index is 1.88. The summed E-state index contributed by atoms with van der Waals surface area (Å²) >= 11 is 3.65. The van der Waals surface area contributed by atoms with Gasteiger partial charge in [0.25, 0.3) is 0 Å². The van der Waals surface area contributed by atoms with Crippen molar-refractivity contribution in [3.05, 3.63) is 63.6 Å². The standard InChI is InChI=1S/C17H18BrN/c1-12-9-10-17(15(18)11-12)19-16-8-4-6-13-5-2-3-7-14(13)16/h2-3,5,7,9-11,16,19H,4,6,8H2,1H3. The minimum absolute atomic E-state index is 0.434. The lowest BCUT2D eigenvalue weighted by molar-refractivity contribution is 0.600. The number of rotatable bonds is 2. The van der Waals surface area contributed by atoms with Gasteiger partial charge in [0, 0.05) is 10.2 Å². The largest absolute Gasteiger partial charge is 0.377 e. The van der Waals surface area contributed by atoms with Crippen molar-refractivity contribution < 1.29 is 0 Å². The Morgan fingerprint density at radius 3 is 2.84 bits per heavy atom. The third kappa shape index (κ3) is 2.69. The zero-order valence-electron chi connectivity index (χ0n) is 11.1. The van der Waals surface area contributed by atoms with Gasteiger partial charge in [0.05, 0.1) is 6.04 Å². The fourth-order valence-electron chi connectivity index (χ4n) is 2.83. The van der Waals surface area contributed by atoms with E-state index < -0.39 is 0 Å². The first-order valence-corrected chi connectivity index (χ1v) is 7.64. The number of fused-ring (bicyclic) bond motifs is 1.